The summed E-state index contributed by atoms with van der Waals surface area (Å²) in [5.41, 5.74) is 2.09. The number of carbonyl (C=O) groups is 2. The highest BCUT2D eigenvalue weighted by Crippen LogP contribution is 2.46. The van der Waals surface area contributed by atoms with Gasteiger partial charge in [0.1, 0.15) is 0 Å². The molecule has 0 fully saturated rings. The quantitative estimate of drug-likeness (QED) is 0.801. The van der Waals surface area contributed by atoms with Crippen molar-refractivity contribution in [3.8, 4) is 0 Å². The average molecular weight is 372 g/mol. The number of aryl methyl sites for hydroxylation is 1. The minimum atomic E-state index is -0.922. The van der Waals surface area contributed by atoms with Gasteiger partial charge in [-0.25, -0.2) is 4.79 Å². The molecule has 26 heavy (non-hydrogen) atoms. The second-order valence-corrected chi connectivity index (χ2v) is 8.54. The minimum Gasteiger partial charge on any atom is -0.481 e. The molecular formula is C21H24O4S. The van der Waals surface area contributed by atoms with E-state index in [1.54, 1.807) is 24.8 Å². The molecule has 1 aliphatic carbocycles. The lowest BCUT2D eigenvalue weighted by Gasteiger charge is -2.36. The van der Waals surface area contributed by atoms with Crippen molar-refractivity contribution in [2.24, 2.45) is 11.3 Å². The molecule has 0 amide bonds. The first kappa shape index (κ1) is 18.8. The first-order valence-electron chi connectivity index (χ1n) is 8.93. The van der Waals surface area contributed by atoms with Crippen LogP contribution >= 0.6 is 11.8 Å². The van der Waals surface area contributed by atoms with E-state index >= 15 is 0 Å². The molecule has 0 bridgehead atoms. The summed E-state index contributed by atoms with van der Waals surface area (Å²) in [4.78, 5) is 25.5. The zero-order valence-electron chi connectivity index (χ0n) is 15.3. The number of aliphatic carboxylic acids is 1. The Bertz CT molecular complexity index is 791. The summed E-state index contributed by atoms with van der Waals surface area (Å²) in [6.45, 7) is 5.84. The zero-order chi connectivity index (χ0) is 18.9. The van der Waals surface area contributed by atoms with E-state index in [1.165, 1.54) is 10.5 Å². The summed E-state index contributed by atoms with van der Waals surface area (Å²) in [6.07, 6.45) is 5.43. The van der Waals surface area contributed by atoms with Crippen LogP contribution in [0.1, 0.15) is 32.8 Å². The topological polar surface area (TPSA) is 63.6 Å². The molecule has 3 rings (SSSR count). The number of benzene rings is 1. The number of carboxylic acids is 1. The fraction of sp³-hybridized carbons (Fsp3) is 0.429. The van der Waals surface area contributed by atoms with Crippen molar-refractivity contribution < 1.29 is 19.4 Å². The number of rotatable bonds is 4. The molecule has 0 saturated heterocycles. The van der Waals surface area contributed by atoms with Gasteiger partial charge >= 0.3 is 11.9 Å². The van der Waals surface area contributed by atoms with E-state index in [2.05, 4.69) is 12.1 Å². The first-order valence-corrected chi connectivity index (χ1v) is 9.81. The van der Waals surface area contributed by atoms with Gasteiger partial charge in [-0.2, -0.15) is 0 Å². The highest BCUT2D eigenvalue weighted by molar-refractivity contribution is 8.00. The maximum atomic E-state index is 12.5. The van der Waals surface area contributed by atoms with Crippen molar-refractivity contribution in [2.45, 2.75) is 43.8 Å². The summed E-state index contributed by atoms with van der Waals surface area (Å²) in [5.74, 6) is -2.10. The number of ether oxygens (including phenoxy) is 1. The van der Waals surface area contributed by atoms with Crippen LogP contribution in [0.2, 0.25) is 0 Å². The van der Waals surface area contributed by atoms with Crippen LogP contribution in [0.25, 0.3) is 0 Å². The number of hydrogen-bond donors (Lipinski definition) is 1. The van der Waals surface area contributed by atoms with Gasteiger partial charge in [0.05, 0.1) is 18.1 Å². The van der Waals surface area contributed by atoms with Crippen LogP contribution in [-0.2, 0) is 20.7 Å². The number of carbonyl (C=O) groups excluding carboxylic acids is 1. The largest absolute Gasteiger partial charge is 0.481 e. The molecule has 1 aromatic rings. The zero-order valence-corrected chi connectivity index (χ0v) is 16.1. The van der Waals surface area contributed by atoms with Crippen molar-refractivity contribution in [2.75, 3.05) is 6.61 Å². The molecular weight excluding hydrogens is 348 g/mol. The Kier molecular flexibility index (Phi) is 5.28. The molecule has 5 heteroatoms. The van der Waals surface area contributed by atoms with Gasteiger partial charge in [0.15, 0.2) is 0 Å². The molecule has 1 N–H and O–H groups in total. The first-order chi connectivity index (χ1) is 12.3. The number of fused-ring (bicyclic) bond motifs is 1. The molecule has 0 spiro atoms. The Morgan fingerprint density at radius 1 is 1.31 bits per heavy atom. The molecule has 4 nitrogen and oxygen atoms in total. The lowest BCUT2D eigenvalue weighted by Crippen LogP contribution is -2.34. The van der Waals surface area contributed by atoms with Crippen LogP contribution in [0, 0.1) is 11.3 Å². The molecule has 0 radical (unpaired) electrons. The van der Waals surface area contributed by atoms with Gasteiger partial charge in [0, 0.05) is 15.6 Å². The molecule has 2 atom stereocenters. The van der Waals surface area contributed by atoms with Crippen molar-refractivity contribution in [1.29, 1.82) is 0 Å². The van der Waals surface area contributed by atoms with Crippen LogP contribution < -0.4 is 0 Å². The van der Waals surface area contributed by atoms with E-state index in [0.29, 0.717) is 5.57 Å². The summed E-state index contributed by atoms with van der Waals surface area (Å²) >= 11 is 1.75. The van der Waals surface area contributed by atoms with E-state index < -0.39 is 23.3 Å². The molecule has 138 valence electrons. The number of carboxylic acid groups (broad SMARTS) is 1. The summed E-state index contributed by atoms with van der Waals surface area (Å²) in [6, 6.07) is 8.31. The number of hydrogen-bond acceptors (Lipinski definition) is 4. The molecule has 1 aromatic carbocycles. The van der Waals surface area contributed by atoms with Gasteiger partial charge in [0.25, 0.3) is 0 Å². The summed E-state index contributed by atoms with van der Waals surface area (Å²) < 4.78 is 5.22. The molecule has 1 heterocycles. The molecule has 2 unspecified atom stereocenters. The van der Waals surface area contributed by atoms with E-state index in [1.807, 2.05) is 32.1 Å². The lowest BCUT2D eigenvalue weighted by molar-refractivity contribution is -0.142. The van der Waals surface area contributed by atoms with Gasteiger partial charge in [-0.05, 0) is 37.0 Å². The third-order valence-electron chi connectivity index (χ3n) is 5.00. The van der Waals surface area contributed by atoms with Crippen LogP contribution in [0.3, 0.4) is 0 Å². The summed E-state index contributed by atoms with van der Waals surface area (Å²) in [5, 5.41) is 9.72. The average Bonchev–Trinajstić information content (AvgIpc) is 2.60. The lowest BCUT2D eigenvalue weighted by atomic mass is 9.71. The van der Waals surface area contributed by atoms with Gasteiger partial charge in [0.2, 0.25) is 0 Å². The SMILES string of the molecule is CCOC(=O)C1=CC(C(=O)O)C(C)(C)C=C1C1CCc2ccccc2S1. The Morgan fingerprint density at radius 2 is 2.04 bits per heavy atom. The van der Waals surface area contributed by atoms with Crippen LogP contribution in [-0.4, -0.2) is 28.9 Å². The maximum Gasteiger partial charge on any atom is 0.338 e. The number of allylic oxidation sites excluding steroid dienone is 1. The van der Waals surface area contributed by atoms with Crippen molar-refractivity contribution in [1.82, 2.24) is 0 Å². The Labute approximate surface area is 158 Å². The van der Waals surface area contributed by atoms with Gasteiger partial charge < -0.3 is 9.84 Å². The second kappa shape index (κ2) is 7.31. The van der Waals surface area contributed by atoms with Crippen LogP contribution in [0.15, 0.2) is 52.5 Å². The standard InChI is InChI=1S/C21H24O4S/c1-4-25-20(24)14-11-16(19(22)23)21(2,3)12-15(14)18-10-9-13-7-5-6-8-17(13)26-18/h5-8,11-12,16,18H,4,9-10H2,1-3H3,(H,22,23). The van der Waals surface area contributed by atoms with Crippen molar-refractivity contribution in [3.05, 3.63) is 53.1 Å². The Hall–Kier alpha value is -2.01. The molecule has 0 saturated carbocycles. The highest BCUT2D eigenvalue weighted by atomic mass is 32.2. The van der Waals surface area contributed by atoms with E-state index in [4.69, 9.17) is 4.74 Å². The summed E-state index contributed by atoms with van der Waals surface area (Å²) in [7, 11) is 0. The molecule has 0 aromatic heterocycles. The number of esters is 1. The third kappa shape index (κ3) is 3.58. The van der Waals surface area contributed by atoms with Gasteiger partial charge in [-0.3, -0.25) is 4.79 Å². The fourth-order valence-corrected chi connectivity index (χ4v) is 4.98. The van der Waals surface area contributed by atoms with Gasteiger partial charge in [-0.1, -0.05) is 44.2 Å². The van der Waals surface area contributed by atoms with Crippen LogP contribution in [0.4, 0.5) is 0 Å². The Balaban J connectivity index is 1.99. The Morgan fingerprint density at radius 3 is 2.73 bits per heavy atom. The van der Waals surface area contributed by atoms with E-state index in [-0.39, 0.29) is 11.9 Å². The monoisotopic (exact) mass is 372 g/mol. The second-order valence-electron chi connectivity index (χ2n) is 7.29. The smallest absolute Gasteiger partial charge is 0.338 e. The molecule has 1 aliphatic heterocycles. The van der Waals surface area contributed by atoms with Crippen LogP contribution in [0.5, 0.6) is 0 Å². The van der Waals surface area contributed by atoms with E-state index in [0.717, 1.165) is 18.4 Å². The normalized spacial score (nSPS) is 24.1. The predicted octanol–water partition coefficient (Wildman–Crippen LogP) is 4.25. The minimum absolute atomic E-state index is 0.120. The van der Waals surface area contributed by atoms with Crippen molar-refractivity contribution in [3.63, 3.8) is 0 Å². The van der Waals surface area contributed by atoms with Gasteiger partial charge in [-0.15, -0.1) is 11.8 Å². The maximum absolute atomic E-state index is 12.5. The van der Waals surface area contributed by atoms with Crippen molar-refractivity contribution >= 4 is 23.7 Å². The fourth-order valence-electron chi connectivity index (χ4n) is 3.64. The predicted molar refractivity (Wildman–Crippen MR) is 102 cm³/mol. The number of thioether (sulfide) groups is 1. The van der Waals surface area contributed by atoms with E-state index in [9.17, 15) is 14.7 Å². The highest BCUT2D eigenvalue weighted by Gasteiger charge is 2.40. The molecule has 2 aliphatic rings. The third-order valence-corrected chi connectivity index (χ3v) is 6.43.